The van der Waals surface area contributed by atoms with Crippen LogP contribution in [0.25, 0.3) is 10.9 Å². The van der Waals surface area contributed by atoms with Crippen LogP contribution >= 0.6 is 0 Å². The van der Waals surface area contributed by atoms with Crippen LogP contribution in [0.5, 0.6) is 0 Å². The van der Waals surface area contributed by atoms with Gasteiger partial charge < -0.3 is 9.88 Å². The third-order valence-electron chi connectivity index (χ3n) is 8.31. The molecule has 0 radical (unpaired) electrons. The Morgan fingerprint density at radius 1 is 1.08 bits per heavy atom. The first-order valence-electron chi connectivity index (χ1n) is 13.2. The second-order valence-electron chi connectivity index (χ2n) is 10.3. The molecule has 2 atom stereocenters. The fourth-order valence-corrected chi connectivity index (χ4v) is 6.23. The van der Waals surface area contributed by atoms with Gasteiger partial charge in [0, 0.05) is 46.4 Å². The van der Waals surface area contributed by atoms with Crippen molar-refractivity contribution in [3.05, 3.63) is 111 Å². The quantitative estimate of drug-likeness (QED) is 0.218. The van der Waals surface area contributed by atoms with Gasteiger partial charge >= 0.3 is 0 Å². The van der Waals surface area contributed by atoms with Gasteiger partial charge in [0.2, 0.25) is 0 Å². The smallest absolute Gasteiger partial charge is 0.270 e. The molecule has 1 amide bonds. The van der Waals surface area contributed by atoms with Crippen molar-refractivity contribution in [2.75, 3.05) is 20.6 Å². The lowest BCUT2D eigenvalue weighted by Crippen LogP contribution is -2.44. The van der Waals surface area contributed by atoms with E-state index in [4.69, 9.17) is 0 Å². The summed E-state index contributed by atoms with van der Waals surface area (Å²) in [6.07, 6.45) is 3.26. The van der Waals surface area contributed by atoms with Gasteiger partial charge in [-0.2, -0.15) is 0 Å². The first-order valence-corrected chi connectivity index (χ1v) is 13.2. The molecule has 2 unspecified atom stereocenters. The van der Waals surface area contributed by atoms with Crippen LogP contribution in [0.4, 0.5) is 5.69 Å². The largest absolute Gasteiger partial charge is 0.356 e. The molecule has 0 fully saturated rings. The summed E-state index contributed by atoms with van der Waals surface area (Å²) in [5, 5.41) is 12.6. The van der Waals surface area contributed by atoms with Crippen LogP contribution < -0.4 is 0 Å². The van der Waals surface area contributed by atoms with Crippen molar-refractivity contribution in [3.8, 4) is 0 Å². The lowest BCUT2D eigenvalue weighted by Gasteiger charge is -2.43. The summed E-state index contributed by atoms with van der Waals surface area (Å²) < 4.78 is 0. The molecule has 0 aliphatic carbocycles. The molecule has 1 aliphatic heterocycles. The molecule has 5 rings (SSSR count). The number of nitro groups is 1. The maximum absolute atomic E-state index is 13.9. The van der Waals surface area contributed by atoms with Gasteiger partial charge in [-0.1, -0.05) is 61.5 Å². The van der Waals surface area contributed by atoms with Crippen molar-refractivity contribution in [2.24, 2.45) is 0 Å². The van der Waals surface area contributed by atoms with Gasteiger partial charge in [-0.3, -0.25) is 19.8 Å². The highest BCUT2D eigenvalue weighted by Crippen LogP contribution is 2.42. The molecule has 0 saturated heterocycles. The number of hydrogen-bond donors (Lipinski definition) is 1. The van der Waals surface area contributed by atoms with Crippen molar-refractivity contribution in [2.45, 2.75) is 44.2 Å². The standard InChI is InChI=1S/C31H34N4O3/c1-4-31(33(2)3,23-12-6-5-7-13-23)19-17-28-29-26(25-15-8-9-16-27(25)32-29)18-20-34(28)30(36)22-11-10-14-24(21-22)35(37)38/h5-16,21,28,32H,4,17-20H2,1-3H3. The Bertz CT molecular complexity index is 1460. The van der Waals surface area contributed by atoms with E-state index in [9.17, 15) is 14.9 Å². The molecule has 0 saturated carbocycles. The third-order valence-corrected chi connectivity index (χ3v) is 8.31. The lowest BCUT2D eigenvalue weighted by atomic mass is 9.79. The lowest BCUT2D eigenvalue weighted by molar-refractivity contribution is -0.384. The number of carbonyl (C=O) groups excluding carboxylic acids is 1. The van der Waals surface area contributed by atoms with E-state index in [1.54, 1.807) is 12.1 Å². The number of aromatic nitrogens is 1. The summed E-state index contributed by atoms with van der Waals surface area (Å²) in [5.74, 6) is -0.172. The van der Waals surface area contributed by atoms with Crippen molar-refractivity contribution >= 4 is 22.5 Å². The number of aromatic amines is 1. The van der Waals surface area contributed by atoms with Gasteiger partial charge in [0.15, 0.2) is 0 Å². The van der Waals surface area contributed by atoms with Crippen LogP contribution in [0.3, 0.4) is 0 Å². The minimum atomic E-state index is -0.452. The fourth-order valence-electron chi connectivity index (χ4n) is 6.23. The predicted molar refractivity (Wildman–Crippen MR) is 150 cm³/mol. The molecule has 1 N–H and O–H groups in total. The van der Waals surface area contributed by atoms with Crippen molar-refractivity contribution < 1.29 is 9.72 Å². The second-order valence-corrected chi connectivity index (χ2v) is 10.3. The molecule has 7 heteroatoms. The van der Waals surface area contributed by atoms with Crippen LogP contribution in [-0.4, -0.2) is 46.3 Å². The van der Waals surface area contributed by atoms with E-state index in [0.717, 1.165) is 36.9 Å². The summed E-state index contributed by atoms with van der Waals surface area (Å²) in [6, 6.07) is 24.8. The van der Waals surface area contributed by atoms with E-state index in [1.165, 1.54) is 28.6 Å². The van der Waals surface area contributed by atoms with Crippen LogP contribution in [0, 0.1) is 10.1 Å². The number of amides is 1. The number of para-hydroxylation sites is 1. The van der Waals surface area contributed by atoms with E-state index >= 15 is 0 Å². The van der Waals surface area contributed by atoms with E-state index in [2.05, 4.69) is 73.4 Å². The first-order chi connectivity index (χ1) is 18.4. The van der Waals surface area contributed by atoms with Gasteiger partial charge in [-0.05, 0) is 63.0 Å². The van der Waals surface area contributed by atoms with E-state index < -0.39 is 4.92 Å². The molecular weight excluding hydrogens is 476 g/mol. The Morgan fingerprint density at radius 3 is 2.53 bits per heavy atom. The summed E-state index contributed by atoms with van der Waals surface area (Å²) >= 11 is 0. The summed E-state index contributed by atoms with van der Waals surface area (Å²) in [7, 11) is 4.25. The number of hydrogen-bond acceptors (Lipinski definition) is 4. The first kappa shape index (κ1) is 25.7. The SMILES string of the molecule is CCC(CCC1c2[nH]c3ccccc3c2CCN1C(=O)c1cccc([N+](=O)[O-])c1)(c1ccccc1)N(C)C. The molecule has 4 aromatic rings. The average Bonchev–Trinajstić information content (AvgIpc) is 3.32. The van der Waals surface area contributed by atoms with E-state index in [-0.39, 0.29) is 23.2 Å². The minimum Gasteiger partial charge on any atom is -0.356 e. The number of nitrogens with one attached hydrogen (secondary N) is 1. The van der Waals surface area contributed by atoms with Crippen LogP contribution in [-0.2, 0) is 12.0 Å². The number of non-ortho nitro benzene ring substituents is 1. The zero-order valence-electron chi connectivity index (χ0n) is 22.2. The predicted octanol–water partition coefficient (Wildman–Crippen LogP) is 6.46. The fraction of sp³-hybridized carbons (Fsp3) is 0.323. The third kappa shape index (κ3) is 4.47. The molecule has 7 nitrogen and oxygen atoms in total. The van der Waals surface area contributed by atoms with Crippen LogP contribution in [0.1, 0.15) is 59.4 Å². The highest BCUT2D eigenvalue weighted by atomic mass is 16.6. The molecule has 196 valence electrons. The van der Waals surface area contributed by atoms with E-state index in [0.29, 0.717) is 12.1 Å². The van der Waals surface area contributed by atoms with Crippen molar-refractivity contribution in [1.29, 1.82) is 0 Å². The number of fused-ring (bicyclic) bond motifs is 3. The molecule has 38 heavy (non-hydrogen) atoms. The van der Waals surface area contributed by atoms with Gasteiger partial charge in [0.25, 0.3) is 11.6 Å². The molecular formula is C31H34N4O3. The summed E-state index contributed by atoms with van der Waals surface area (Å²) in [4.78, 5) is 32.7. The number of nitro benzene ring substituents is 1. The van der Waals surface area contributed by atoms with Gasteiger partial charge in [-0.25, -0.2) is 0 Å². The zero-order valence-corrected chi connectivity index (χ0v) is 22.2. The Morgan fingerprint density at radius 2 is 1.82 bits per heavy atom. The van der Waals surface area contributed by atoms with Crippen molar-refractivity contribution in [3.63, 3.8) is 0 Å². The van der Waals surface area contributed by atoms with Crippen LogP contribution in [0.2, 0.25) is 0 Å². The summed E-state index contributed by atoms with van der Waals surface area (Å²) in [5.41, 5.74) is 4.76. The molecule has 1 aromatic heterocycles. The number of H-pyrrole nitrogens is 1. The number of nitrogens with zero attached hydrogens (tertiary/aromatic N) is 3. The minimum absolute atomic E-state index is 0.0719. The Hall–Kier alpha value is -3.97. The maximum atomic E-state index is 13.9. The zero-order chi connectivity index (χ0) is 26.9. The van der Waals surface area contributed by atoms with Gasteiger partial charge in [-0.15, -0.1) is 0 Å². The maximum Gasteiger partial charge on any atom is 0.270 e. The second kappa shape index (κ2) is 10.4. The van der Waals surface area contributed by atoms with E-state index in [1.807, 2.05) is 17.0 Å². The van der Waals surface area contributed by atoms with Crippen LogP contribution in [0.15, 0.2) is 78.9 Å². The van der Waals surface area contributed by atoms with Gasteiger partial charge in [0.1, 0.15) is 0 Å². The number of benzene rings is 3. The highest BCUT2D eigenvalue weighted by Gasteiger charge is 2.38. The normalized spacial score (nSPS) is 16.8. The Labute approximate surface area is 223 Å². The number of rotatable bonds is 8. The molecule has 1 aliphatic rings. The highest BCUT2D eigenvalue weighted by molar-refractivity contribution is 5.96. The molecule has 3 aromatic carbocycles. The number of carbonyl (C=O) groups is 1. The summed E-state index contributed by atoms with van der Waals surface area (Å²) in [6.45, 7) is 2.78. The Kier molecular flexibility index (Phi) is 7.04. The molecule has 0 spiro atoms. The van der Waals surface area contributed by atoms with Crippen molar-refractivity contribution in [1.82, 2.24) is 14.8 Å². The Balaban J connectivity index is 1.56. The van der Waals surface area contributed by atoms with Gasteiger partial charge in [0.05, 0.1) is 11.0 Å². The average molecular weight is 511 g/mol. The molecule has 2 heterocycles. The topological polar surface area (TPSA) is 82.5 Å². The molecule has 0 bridgehead atoms. The monoisotopic (exact) mass is 510 g/mol.